The molecule has 8 heteroatoms. The van der Waals surface area contributed by atoms with E-state index in [4.69, 9.17) is 4.74 Å². The fraction of sp³-hybridized carbons (Fsp3) is 0.435. The van der Waals surface area contributed by atoms with Crippen LogP contribution in [0.1, 0.15) is 29.2 Å². The monoisotopic (exact) mass is 446 g/mol. The van der Waals surface area contributed by atoms with Crippen LogP contribution in [0.25, 0.3) is 0 Å². The molecule has 2 fully saturated rings. The third-order valence-corrected chi connectivity index (χ3v) is 8.94. The fourth-order valence-electron chi connectivity index (χ4n) is 5.08. The van der Waals surface area contributed by atoms with Crippen LogP contribution in [0.3, 0.4) is 0 Å². The number of ether oxygens (including phenoxy) is 1. The number of nitrogens with zero attached hydrogens (tertiary/aromatic N) is 1. The Morgan fingerprint density at radius 2 is 1.94 bits per heavy atom. The van der Waals surface area contributed by atoms with Crippen LogP contribution in [0.15, 0.2) is 48.5 Å². The lowest BCUT2D eigenvalue weighted by Gasteiger charge is -2.51. The standard InChI is InChI=1S/C23H27FN2O4S/c24-17-7-5-16(6-8-17)22-18-4-2-1-3-15(18)9-11-26(22)23(27)20-13-19-21(14-30-20)31(28,29)12-10-25-19/h1-8,19-22,25,28-29H,9-14H2/t19-,20+,21-,22-/m0/s1. The minimum Gasteiger partial charge on any atom is -0.366 e. The van der Waals surface area contributed by atoms with Crippen molar-refractivity contribution in [2.45, 2.75) is 36.3 Å². The molecule has 3 N–H and O–H groups in total. The smallest absolute Gasteiger partial charge is 0.252 e. The van der Waals surface area contributed by atoms with E-state index in [9.17, 15) is 18.3 Å². The van der Waals surface area contributed by atoms with Crippen LogP contribution < -0.4 is 5.32 Å². The number of amides is 1. The van der Waals surface area contributed by atoms with Crippen molar-refractivity contribution in [3.05, 3.63) is 71.0 Å². The van der Waals surface area contributed by atoms with Crippen molar-refractivity contribution in [3.8, 4) is 0 Å². The molecule has 4 atom stereocenters. The Bertz CT molecular complexity index is 970. The van der Waals surface area contributed by atoms with Gasteiger partial charge in [0, 0.05) is 19.1 Å². The minimum atomic E-state index is -2.70. The number of benzene rings is 2. The number of hydrogen-bond acceptors (Lipinski definition) is 5. The maximum Gasteiger partial charge on any atom is 0.252 e. The largest absolute Gasteiger partial charge is 0.366 e. The average molecular weight is 447 g/mol. The summed E-state index contributed by atoms with van der Waals surface area (Å²) >= 11 is 0. The summed E-state index contributed by atoms with van der Waals surface area (Å²) in [6, 6.07) is 13.9. The van der Waals surface area contributed by atoms with E-state index in [1.165, 1.54) is 17.7 Å². The van der Waals surface area contributed by atoms with Gasteiger partial charge in [-0.1, -0.05) is 36.4 Å². The molecule has 2 saturated heterocycles. The van der Waals surface area contributed by atoms with E-state index in [1.54, 1.807) is 12.1 Å². The number of rotatable bonds is 2. The van der Waals surface area contributed by atoms with E-state index in [0.717, 1.165) is 17.5 Å². The average Bonchev–Trinajstić information content (AvgIpc) is 2.78. The number of halogens is 1. The first-order valence-electron chi connectivity index (χ1n) is 10.7. The van der Waals surface area contributed by atoms with Crippen LogP contribution in [0, 0.1) is 5.82 Å². The van der Waals surface area contributed by atoms with E-state index in [1.807, 2.05) is 23.1 Å². The van der Waals surface area contributed by atoms with Crippen LogP contribution in [-0.4, -0.2) is 62.8 Å². The topological polar surface area (TPSA) is 82.0 Å². The van der Waals surface area contributed by atoms with Crippen LogP contribution in [0.5, 0.6) is 0 Å². The van der Waals surface area contributed by atoms with Crippen LogP contribution in [0.2, 0.25) is 0 Å². The Balaban J connectivity index is 1.43. The molecule has 0 radical (unpaired) electrons. The molecule has 31 heavy (non-hydrogen) atoms. The number of carbonyl (C=O) groups excluding carboxylic acids is 1. The van der Waals surface area contributed by atoms with Crippen molar-refractivity contribution in [1.82, 2.24) is 10.2 Å². The Morgan fingerprint density at radius 1 is 1.16 bits per heavy atom. The van der Waals surface area contributed by atoms with Gasteiger partial charge in [0.1, 0.15) is 11.9 Å². The number of nitrogens with one attached hydrogen (secondary N) is 1. The lowest BCUT2D eigenvalue weighted by atomic mass is 9.87. The molecule has 3 aliphatic rings. The van der Waals surface area contributed by atoms with Gasteiger partial charge in [0.2, 0.25) is 0 Å². The van der Waals surface area contributed by atoms with Gasteiger partial charge in [0.05, 0.1) is 23.7 Å². The zero-order chi connectivity index (χ0) is 21.6. The van der Waals surface area contributed by atoms with Crippen LogP contribution in [0.4, 0.5) is 4.39 Å². The van der Waals surface area contributed by atoms with Gasteiger partial charge < -0.3 is 15.0 Å². The summed E-state index contributed by atoms with van der Waals surface area (Å²) in [4.78, 5) is 15.5. The predicted octanol–water partition coefficient (Wildman–Crippen LogP) is 3.18. The van der Waals surface area contributed by atoms with Gasteiger partial charge in [0.15, 0.2) is 0 Å². The Hall–Kier alpha value is -1.97. The first-order chi connectivity index (χ1) is 14.9. The Morgan fingerprint density at radius 3 is 2.74 bits per heavy atom. The third-order valence-electron chi connectivity index (χ3n) is 6.70. The molecule has 2 aromatic carbocycles. The van der Waals surface area contributed by atoms with Crippen molar-refractivity contribution in [1.29, 1.82) is 0 Å². The Labute approximate surface area is 182 Å². The molecule has 5 rings (SSSR count). The number of carbonyl (C=O) groups is 1. The first kappa shape index (κ1) is 20.9. The molecule has 0 bridgehead atoms. The second-order valence-corrected chi connectivity index (χ2v) is 11.0. The van der Waals surface area contributed by atoms with E-state index >= 15 is 0 Å². The molecule has 2 aromatic rings. The van der Waals surface area contributed by atoms with E-state index in [2.05, 4.69) is 11.4 Å². The second kappa shape index (κ2) is 8.18. The van der Waals surface area contributed by atoms with Gasteiger partial charge in [-0.25, -0.2) is 4.39 Å². The van der Waals surface area contributed by atoms with Crippen LogP contribution in [-0.2, 0) is 16.0 Å². The molecule has 0 saturated carbocycles. The van der Waals surface area contributed by atoms with Crippen molar-refractivity contribution < 1.29 is 23.0 Å². The molecule has 6 nitrogen and oxygen atoms in total. The van der Waals surface area contributed by atoms with E-state index < -0.39 is 16.7 Å². The molecule has 3 aliphatic heterocycles. The summed E-state index contributed by atoms with van der Waals surface area (Å²) in [5.74, 6) is -0.0908. The maximum atomic E-state index is 13.6. The normalized spacial score (nSPS) is 30.7. The highest BCUT2D eigenvalue weighted by atomic mass is 32.3. The highest BCUT2D eigenvalue weighted by molar-refractivity contribution is 8.25. The highest BCUT2D eigenvalue weighted by Crippen LogP contribution is 2.49. The van der Waals surface area contributed by atoms with Crippen molar-refractivity contribution in [2.24, 2.45) is 0 Å². The predicted molar refractivity (Wildman–Crippen MR) is 118 cm³/mol. The van der Waals surface area contributed by atoms with Gasteiger partial charge in [-0.3, -0.25) is 13.9 Å². The van der Waals surface area contributed by atoms with E-state index in [-0.39, 0.29) is 35.7 Å². The zero-order valence-corrected chi connectivity index (χ0v) is 17.9. The van der Waals surface area contributed by atoms with Gasteiger partial charge in [0.25, 0.3) is 5.91 Å². The quantitative estimate of drug-likeness (QED) is 0.660. The summed E-state index contributed by atoms with van der Waals surface area (Å²) in [5, 5.41) is 2.96. The number of fused-ring (bicyclic) bond motifs is 2. The lowest BCUT2D eigenvalue weighted by molar-refractivity contribution is -0.149. The van der Waals surface area contributed by atoms with Crippen LogP contribution >= 0.6 is 10.6 Å². The molecule has 0 unspecified atom stereocenters. The molecule has 0 aliphatic carbocycles. The summed E-state index contributed by atoms with van der Waals surface area (Å²) < 4.78 is 40.2. The van der Waals surface area contributed by atoms with Crippen molar-refractivity contribution in [3.63, 3.8) is 0 Å². The van der Waals surface area contributed by atoms with Gasteiger partial charge in [-0.15, -0.1) is 0 Å². The maximum absolute atomic E-state index is 13.6. The lowest BCUT2D eigenvalue weighted by Crippen LogP contribution is -2.59. The fourth-order valence-corrected chi connectivity index (χ4v) is 6.83. The van der Waals surface area contributed by atoms with Crippen molar-refractivity contribution in [2.75, 3.05) is 25.4 Å². The first-order valence-corrected chi connectivity index (χ1v) is 12.5. The second-order valence-electron chi connectivity index (χ2n) is 8.51. The van der Waals surface area contributed by atoms with Gasteiger partial charge in [-0.2, -0.15) is 10.6 Å². The minimum absolute atomic E-state index is 0.105. The Kier molecular flexibility index (Phi) is 5.52. The number of hydrogen-bond donors (Lipinski definition) is 3. The third kappa shape index (κ3) is 3.87. The molecule has 3 heterocycles. The summed E-state index contributed by atoms with van der Waals surface area (Å²) in [7, 11) is -2.70. The summed E-state index contributed by atoms with van der Waals surface area (Å²) in [6.45, 7) is 1.23. The molecule has 0 aromatic heterocycles. The van der Waals surface area contributed by atoms with E-state index in [0.29, 0.717) is 25.3 Å². The molecule has 1 amide bonds. The van der Waals surface area contributed by atoms with Crippen molar-refractivity contribution >= 4 is 16.5 Å². The molecule has 166 valence electrons. The highest BCUT2D eigenvalue weighted by Gasteiger charge is 2.45. The SMILES string of the molecule is O=C([C@H]1C[C@@H]2NCCS(O)(O)[C@H]2CO1)N1CCc2ccccc2[C@@H]1c1ccc(F)cc1. The summed E-state index contributed by atoms with van der Waals surface area (Å²) in [6.07, 6.45) is 0.514. The zero-order valence-electron chi connectivity index (χ0n) is 17.1. The van der Waals surface area contributed by atoms with Gasteiger partial charge in [-0.05, 0) is 41.7 Å². The molecular formula is C23H27FN2O4S. The van der Waals surface area contributed by atoms with Gasteiger partial charge >= 0.3 is 0 Å². The molecular weight excluding hydrogens is 419 g/mol. The molecule has 0 spiro atoms. The summed E-state index contributed by atoms with van der Waals surface area (Å²) in [5.41, 5.74) is 3.10.